The molecule has 0 bridgehead atoms. The van der Waals surface area contributed by atoms with Crippen LogP contribution in [-0.2, 0) is 7.05 Å². The van der Waals surface area contributed by atoms with Crippen LogP contribution in [0.25, 0.3) is 10.7 Å². The van der Waals surface area contributed by atoms with Gasteiger partial charge in [-0.15, -0.1) is 11.3 Å². The lowest BCUT2D eigenvalue weighted by atomic mass is 10.1. The molecule has 2 aromatic rings. The molecule has 18 heavy (non-hydrogen) atoms. The zero-order valence-corrected chi connectivity index (χ0v) is 11.6. The van der Waals surface area contributed by atoms with Crippen molar-refractivity contribution in [3.8, 4) is 10.7 Å². The lowest BCUT2D eigenvalue weighted by molar-refractivity contribution is 0.648. The van der Waals surface area contributed by atoms with Crippen molar-refractivity contribution in [1.82, 2.24) is 14.8 Å². The minimum Gasteiger partial charge on any atom is -0.391 e. The zero-order valence-electron chi connectivity index (χ0n) is 10.8. The molecule has 4 nitrogen and oxygen atoms in total. The number of nitrogen functional groups attached to an aromatic ring is 1. The van der Waals surface area contributed by atoms with Gasteiger partial charge in [0, 0.05) is 13.0 Å². The third kappa shape index (κ3) is 1.92. The molecule has 96 valence electrons. The first-order valence-corrected chi connectivity index (χ1v) is 7.24. The third-order valence-electron chi connectivity index (χ3n) is 3.64. The second-order valence-corrected chi connectivity index (χ2v) is 6.14. The fourth-order valence-electron chi connectivity index (χ4n) is 2.69. The van der Waals surface area contributed by atoms with Crippen molar-refractivity contribution in [3.05, 3.63) is 17.5 Å². The van der Waals surface area contributed by atoms with Gasteiger partial charge in [-0.3, -0.25) is 0 Å². The second kappa shape index (κ2) is 4.39. The van der Waals surface area contributed by atoms with E-state index in [0.29, 0.717) is 5.92 Å². The lowest BCUT2D eigenvalue weighted by Crippen LogP contribution is -1.97. The Hall–Kier alpha value is -1.36. The van der Waals surface area contributed by atoms with E-state index in [1.807, 2.05) is 17.8 Å². The van der Waals surface area contributed by atoms with Gasteiger partial charge in [-0.1, -0.05) is 12.8 Å². The summed E-state index contributed by atoms with van der Waals surface area (Å²) in [6.07, 6.45) is 5.08. The van der Waals surface area contributed by atoms with E-state index in [1.165, 1.54) is 31.2 Å². The van der Waals surface area contributed by atoms with Gasteiger partial charge in [-0.2, -0.15) is 5.10 Å². The number of hydrogen-bond donors (Lipinski definition) is 1. The van der Waals surface area contributed by atoms with Crippen LogP contribution in [0.5, 0.6) is 0 Å². The van der Waals surface area contributed by atoms with E-state index in [1.54, 1.807) is 11.3 Å². The van der Waals surface area contributed by atoms with Crippen LogP contribution in [0.3, 0.4) is 0 Å². The summed E-state index contributed by atoms with van der Waals surface area (Å²) in [5.41, 5.74) is 7.04. The molecule has 0 unspecified atom stereocenters. The Labute approximate surface area is 111 Å². The summed E-state index contributed by atoms with van der Waals surface area (Å²) in [5, 5.41) is 5.43. The maximum atomic E-state index is 5.86. The van der Waals surface area contributed by atoms with Gasteiger partial charge in [0.25, 0.3) is 0 Å². The summed E-state index contributed by atoms with van der Waals surface area (Å²) < 4.78 is 1.89. The van der Waals surface area contributed by atoms with Gasteiger partial charge in [0.05, 0.1) is 9.88 Å². The average molecular weight is 262 g/mol. The Balaban J connectivity index is 1.99. The third-order valence-corrected chi connectivity index (χ3v) is 4.70. The summed E-state index contributed by atoms with van der Waals surface area (Å²) in [6.45, 7) is 2.08. The maximum Gasteiger partial charge on any atom is 0.168 e. The summed E-state index contributed by atoms with van der Waals surface area (Å²) in [5.74, 6) is 2.52. The second-order valence-electron chi connectivity index (χ2n) is 5.06. The van der Waals surface area contributed by atoms with Crippen molar-refractivity contribution in [2.45, 2.75) is 38.5 Å². The van der Waals surface area contributed by atoms with Crippen LogP contribution in [0.15, 0.2) is 6.07 Å². The van der Waals surface area contributed by atoms with Crippen LogP contribution in [0.2, 0.25) is 0 Å². The summed E-state index contributed by atoms with van der Waals surface area (Å²) in [6, 6.07) is 2.00. The Morgan fingerprint density at radius 3 is 2.72 bits per heavy atom. The molecular weight excluding hydrogens is 244 g/mol. The lowest BCUT2D eigenvalue weighted by Gasteiger charge is -2.00. The Morgan fingerprint density at radius 1 is 1.39 bits per heavy atom. The highest BCUT2D eigenvalue weighted by Crippen LogP contribution is 2.36. The van der Waals surface area contributed by atoms with Crippen LogP contribution < -0.4 is 5.73 Å². The highest BCUT2D eigenvalue weighted by molar-refractivity contribution is 7.19. The zero-order chi connectivity index (χ0) is 12.7. The van der Waals surface area contributed by atoms with Crippen LogP contribution in [0.4, 0.5) is 5.00 Å². The molecule has 3 rings (SSSR count). The molecule has 0 radical (unpaired) electrons. The van der Waals surface area contributed by atoms with E-state index in [2.05, 4.69) is 12.0 Å². The summed E-state index contributed by atoms with van der Waals surface area (Å²) >= 11 is 1.59. The highest BCUT2D eigenvalue weighted by atomic mass is 32.1. The summed E-state index contributed by atoms with van der Waals surface area (Å²) in [7, 11) is 1.97. The number of rotatable bonds is 2. The Kier molecular flexibility index (Phi) is 2.86. The van der Waals surface area contributed by atoms with E-state index in [9.17, 15) is 0 Å². The first kappa shape index (κ1) is 11.7. The van der Waals surface area contributed by atoms with Crippen molar-refractivity contribution in [1.29, 1.82) is 0 Å². The van der Waals surface area contributed by atoms with Crippen molar-refractivity contribution in [2.75, 3.05) is 5.73 Å². The fraction of sp³-hybridized carbons (Fsp3) is 0.538. The molecule has 0 saturated heterocycles. The predicted octanol–water partition coefficient (Wildman–Crippen LogP) is 3.09. The largest absolute Gasteiger partial charge is 0.391 e. The van der Waals surface area contributed by atoms with Gasteiger partial charge in [0.1, 0.15) is 0 Å². The Bertz CT molecular complexity index is 564. The molecule has 1 fully saturated rings. The smallest absolute Gasteiger partial charge is 0.168 e. The van der Waals surface area contributed by atoms with Crippen LogP contribution in [0.1, 0.15) is 43.0 Å². The van der Waals surface area contributed by atoms with Gasteiger partial charge < -0.3 is 5.73 Å². The van der Waals surface area contributed by atoms with Crippen LogP contribution >= 0.6 is 11.3 Å². The van der Waals surface area contributed by atoms with Gasteiger partial charge >= 0.3 is 0 Å². The van der Waals surface area contributed by atoms with E-state index in [-0.39, 0.29) is 0 Å². The Morgan fingerprint density at radius 2 is 2.11 bits per heavy atom. The quantitative estimate of drug-likeness (QED) is 0.904. The minimum absolute atomic E-state index is 0.558. The highest BCUT2D eigenvalue weighted by Gasteiger charge is 2.23. The van der Waals surface area contributed by atoms with E-state index < -0.39 is 0 Å². The number of anilines is 1. The standard InChI is InChI=1S/C13H18N4S/c1-8-7-10(14)18-11(8)13-15-12(16-17(13)2)9-5-3-4-6-9/h7,9H,3-6,14H2,1-2H3. The van der Waals surface area contributed by atoms with Crippen molar-refractivity contribution in [2.24, 2.45) is 7.05 Å². The molecule has 1 aliphatic carbocycles. The van der Waals surface area contributed by atoms with Gasteiger partial charge in [-0.05, 0) is 31.4 Å². The topological polar surface area (TPSA) is 56.7 Å². The molecule has 0 aromatic carbocycles. The maximum absolute atomic E-state index is 5.86. The molecule has 2 heterocycles. The molecule has 2 N–H and O–H groups in total. The van der Waals surface area contributed by atoms with Gasteiger partial charge in [-0.25, -0.2) is 9.67 Å². The van der Waals surface area contributed by atoms with Crippen molar-refractivity contribution in [3.63, 3.8) is 0 Å². The number of nitrogens with zero attached hydrogens (tertiary/aromatic N) is 3. The fourth-order valence-corrected chi connectivity index (χ4v) is 3.65. The van der Waals surface area contributed by atoms with Crippen LogP contribution in [0, 0.1) is 6.92 Å². The molecule has 0 spiro atoms. The van der Waals surface area contributed by atoms with Crippen LogP contribution in [-0.4, -0.2) is 14.8 Å². The molecule has 0 aliphatic heterocycles. The molecule has 1 saturated carbocycles. The predicted molar refractivity (Wildman–Crippen MR) is 74.7 cm³/mol. The number of hydrogen-bond acceptors (Lipinski definition) is 4. The average Bonchev–Trinajstić information content (AvgIpc) is 2.98. The number of aryl methyl sites for hydroxylation is 2. The SMILES string of the molecule is Cc1cc(N)sc1-c1nc(C2CCCC2)nn1C. The molecule has 5 heteroatoms. The molecule has 0 atom stereocenters. The normalized spacial score (nSPS) is 16.6. The van der Waals surface area contributed by atoms with E-state index in [0.717, 1.165) is 21.5 Å². The van der Waals surface area contributed by atoms with E-state index in [4.69, 9.17) is 10.7 Å². The molecule has 1 aliphatic rings. The molecular formula is C13H18N4S. The minimum atomic E-state index is 0.558. The summed E-state index contributed by atoms with van der Waals surface area (Å²) in [4.78, 5) is 5.89. The van der Waals surface area contributed by atoms with Gasteiger partial charge in [0.2, 0.25) is 0 Å². The molecule has 0 amide bonds. The first-order chi connectivity index (χ1) is 8.65. The van der Waals surface area contributed by atoms with E-state index >= 15 is 0 Å². The monoisotopic (exact) mass is 262 g/mol. The number of aromatic nitrogens is 3. The molecule has 2 aromatic heterocycles. The number of nitrogens with two attached hydrogens (primary N) is 1. The van der Waals surface area contributed by atoms with Crippen molar-refractivity contribution >= 4 is 16.3 Å². The number of thiophene rings is 1. The van der Waals surface area contributed by atoms with Crippen molar-refractivity contribution < 1.29 is 0 Å². The first-order valence-electron chi connectivity index (χ1n) is 6.42. The van der Waals surface area contributed by atoms with Gasteiger partial charge in [0.15, 0.2) is 11.6 Å².